The van der Waals surface area contributed by atoms with Gasteiger partial charge in [-0.05, 0) is 13.5 Å². The van der Waals surface area contributed by atoms with Crippen LogP contribution in [-0.2, 0) is 24.0 Å². The molecule has 0 saturated carbocycles. The third-order valence-corrected chi connectivity index (χ3v) is 4.12. The smallest absolute Gasteiger partial charge is 0.222 e. The van der Waals surface area contributed by atoms with Crippen LogP contribution in [-0.4, -0.2) is 55.3 Å². The number of aldehydes is 2. The number of amides is 2. The number of hydrogen-bond donors (Lipinski definition) is 3. The summed E-state index contributed by atoms with van der Waals surface area (Å²) in [6.45, 7) is 3.67. The Kier molecular flexibility index (Phi) is 13.0. The first-order chi connectivity index (χ1) is 12.4. The van der Waals surface area contributed by atoms with E-state index in [1.54, 1.807) is 14.0 Å². The summed E-state index contributed by atoms with van der Waals surface area (Å²) in [6, 6.07) is -1.15. The van der Waals surface area contributed by atoms with E-state index in [-0.39, 0.29) is 49.8 Å². The van der Waals surface area contributed by atoms with Gasteiger partial charge in [-0.1, -0.05) is 13.8 Å². The molecule has 0 aromatic carbocycles. The van der Waals surface area contributed by atoms with Gasteiger partial charge in [0.2, 0.25) is 11.8 Å². The van der Waals surface area contributed by atoms with Gasteiger partial charge in [0.05, 0.1) is 0 Å². The lowest BCUT2D eigenvalue weighted by Crippen LogP contribution is -2.44. The van der Waals surface area contributed by atoms with E-state index in [2.05, 4.69) is 16.0 Å². The first kappa shape index (κ1) is 23.9. The average Bonchev–Trinajstić information content (AvgIpc) is 2.59. The maximum absolute atomic E-state index is 12.2. The second-order valence-electron chi connectivity index (χ2n) is 6.23. The molecule has 0 rings (SSSR count). The van der Waals surface area contributed by atoms with E-state index >= 15 is 0 Å². The predicted molar refractivity (Wildman–Crippen MR) is 97.5 cm³/mol. The first-order valence-corrected chi connectivity index (χ1v) is 9.04. The van der Waals surface area contributed by atoms with Crippen molar-refractivity contribution in [1.29, 1.82) is 0 Å². The van der Waals surface area contributed by atoms with E-state index in [4.69, 9.17) is 0 Å². The molecule has 0 aromatic heterocycles. The number of Topliss-reactive ketones (excluding diaryl/α,β-unsaturated/α-hetero) is 1. The fourth-order valence-electron chi connectivity index (χ4n) is 2.51. The van der Waals surface area contributed by atoms with Gasteiger partial charge in [-0.2, -0.15) is 0 Å². The molecule has 148 valence electrons. The molecule has 0 aromatic rings. The third-order valence-electron chi connectivity index (χ3n) is 4.12. The van der Waals surface area contributed by atoms with Gasteiger partial charge in [0.25, 0.3) is 0 Å². The number of nitrogens with one attached hydrogen (secondary N) is 3. The van der Waals surface area contributed by atoms with Crippen molar-refractivity contribution < 1.29 is 24.0 Å². The molecular formula is C18H31N3O5. The molecule has 0 heterocycles. The van der Waals surface area contributed by atoms with Crippen molar-refractivity contribution in [3.63, 3.8) is 0 Å². The van der Waals surface area contributed by atoms with Crippen LogP contribution < -0.4 is 16.0 Å². The van der Waals surface area contributed by atoms with Crippen LogP contribution in [0.25, 0.3) is 0 Å². The summed E-state index contributed by atoms with van der Waals surface area (Å²) >= 11 is 0. The summed E-state index contributed by atoms with van der Waals surface area (Å²) in [6.07, 6.45) is 2.73. The number of ketones is 1. The minimum Gasteiger partial charge on any atom is -0.352 e. The van der Waals surface area contributed by atoms with Crippen molar-refractivity contribution in [2.75, 3.05) is 7.05 Å². The second kappa shape index (κ2) is 14.1. The summed E-state index contributed by atoms with van der Waals surface area (Å²) in [4.78, 5) is 57.3. The Balaban J connectivity index is 4.67. The number of hydrogen-bond acceptors (Lipinski definition) is 6. The van der Waals surface area contributed by atoms with Gasteiger partial charge in [-0.3, -0.25) is 14.4 Å². The van der Waals surface area contributed by atoms with E-state index in [0.717, 1.165) is 6.42 Å². The van der Waals surface area contributed by atoms with E-state index in [9.17, 15) is 24.0 Å². The molecule has 0 fully saturated rings. The minimum atomic E-state index is -0.617. The molecule has 3 N–H and O–H groups in total. The van der Waals surface area contributed by atoms with Crippen LogP contribution in [0, 0.1) is 0 Å². The molecular weight excluding hydrogens is 338 g/mol. The normalized spacial score (nSPS) is 14.0. The SMILES string of the molecule is CCC(=O)CC(CC=O)NC(=O)CC(CC=O)NC(=O)CC(CC)NC. The Labute approximate surface area is 154 Å². The van der Waals surface area contributed by atoms with Crippen molar-refractivity contribution in [2.45, 2.75) is 76.9 Å². The zero-order valence-corrected chi connectivity index (χ0v) is 15.9. The number of rotatable bonds is 15. The highest BCUT2D eigenvalue weighted by Gasteiger charge is 2.21. The maximum Gasteiger partial charge on any atom is 0.222 e. The van der Waals surface area contributed by atoms with Crippen molar-refractivity contribution in [3.05, 3.63) is 0 Å². The van der Waals surface area contributed by atoms with Crippen molar-refractivity contribution in [2.24, 2.45) is 0 Å². The van der Waals surface area contributed by atoms with E-state index in [0.29, 0.717) is 19.0 Å². The molecule has 0 aliphatic rings. The van der Waals surface area contributed by atoms with Crippen LogP contribution in [0.5, 0.6) is 0 Å². The molecule has 0 spiro atoms. The summed E-state index contributed by atoms with van der Waals surface area (Å²) < 4.78 is 0. The largest absolute Gasteiger partial charge is 0.352 e. The van der Waals surface area contributed by atoms with Gasteiger partial charge in [-0.15, -0.1) is 0 Å². The zero-order valence-electron chi connectivity index (χ0n) is 15.9. The Hall–Kier alpha value is -2.09. The highest BCUT2D eigenvalue weighted by Crippen LogP contribution is 2.04. The molecule has 26 heavy (non-hydrogen) atoms. The van der Waals surface area contributed by atoms with Crippen molar-refractivity contribution in [1.82, 2.24) is 16.0 Å². The van der Waals surface area contributed by atoms with Crippen LogP contribution in [0.15, 0.2) is 0 Å². The molecule has 0 aliphatic carbocycles. The molecule has 0 aliphatic heterocycles. The van der Waals surface area contributed by atoms with E-state index in [1.165, 1.54) is 0 Å². The van der Waals surface area contributed by atoms with Crippen molar-refractivity contribution in [3.8, 4) is 0 Å². The fraction of sp³-hybridized carbons (Fsp3) is 0.722. The lowest BCUT2D eigenvalue weighted by Gasteiger charge is -2.21. The lowest BCUT2D eigenvalue weighted by atomic mass is 10.0. The summed E-state index contributed by atoms with van der Waals surface area (Å²) in [5, 5.41) is 8.35. The molecule has 0 radical (unpaired) electrons. The molecule has 8 heteroatoms. The molecule has 2 amide bonds. The fourth-order valence-corrected chi connectivity index (χ4v) is 2.51. The molecule has 3 unspecified atom stereocenters. The van der Waals surface area contributed by atoms with E-state index in [1.807, 2.05) is 6.92 Å². The lowest BCUT2D eigenvalue weighted by molar-refractivity contribution is -0.124. The maximum atomic E-state index is 12.2. The topological polar surface area (TPSA) is 121 Å². The van der Waals surface area contributed by atoms with Crippen LogP contribution in [0.1, 0.15) is 58.8 Å². The van der Waals surface area contributed by atoms with E-state index < -0.39 is 18.0 Å². The van der Waals surface area contributed by atoms with Gasteiger partial charge in [-0.25, -0.2) is 0 Å². The summed E-state index contributed by atoms with van der Waals surface area (Å²) in [5.41, 5.74) is 0. The Bertz CT molecular complexity index is 477. The number of carbonyl (C=O) groups excluding carboxylic acids is 5. The van der Waals surface area contributed by atoms with Gasteiger partial charge in [0.1, 0.15) is 18.4 Å². The average molecular weight is 369 g/mol. The highest BCUT2D eigenvalue weighted by molar-refractivity contribution is 5.83. The Morgan fingerprint density at radius 3 is 1.65 bits per heavy atom. The second-order valence-corrected chi connectivity index (χ2v) is 6.23. The van der Waals surface area contributed by atoms with Gasteiger partial charge in [0.15, 0.2) is 0 Å². The standard InChI is InChI=1S/C18H31N3O5/c1-4-13(19-3)11-17(25)21-15(7-9-23)12-18(26)20-14(6-8-22)10-16(24)5-2/h8-9,13-15,19H,4-7,10-12H2,1-3H3,(H,20,26)(H,21,25). The van der Waals surface area contributed by atoms with Gasteiger partial charge < -0.3 is 25.5 Å². The van der Waals surface area contributed by atoms with Crippen LogP contribution in [0.4, 0.5) is 0 Å². The van der Waals surface area contributed by atoms with Crippen LogP contribution in [0.3, 0.4) is 0 Å². The van der Waals surface area contributed by atoms with Crippen LogP contribution >= 0.6 is 0 Å². The third kappa shape index (κ3) is 10.7. The minimum absolute atomic E-state index is 0.0156. The molecule has 0 saturated heterocycles. The molecule has 3 atom stereocenters. The van der Waals surface area contributed by atoms with Gasteiger partial charge >= 0.3 is 0 Å². The Morgan fingerprint density at radius 1 is 0.808 bits per heavy atom. The quantitative estimate of drug-likeness (QED) is 0.357. The van der Waals surface area contributed by atoms with Crippen LogP contribution in [0.2, 0.25) is 0 Å². The monoisotopic (exact) mass is 369 g/mol. The Morgan fingerprint density at radius 2 is 1.27 bits per heavy atom. The summed E-state index contributed by atoms with van der Waals surface area (Å²) in [7, 11) is 1.77. The van der Waals surface area contributed by atoms with Crippen molar-refractivity contribution >= 4 is 30.2 Å². The molecule has 8 nitrogen and oxygen atoms in total. The van der Waals surface area contributed by atoms with Gasteiger partial charge in [0, 0.05) is 56.7 Å². The number of carbonyl (C=O) groups is 5. The zero-order chi connectivity index (χ0) is 19.9. The summed E-state index contributed by atoms with van der Waals surface area (Å²) in [5.74, 6) is -0.697. The molecule has 0 bridgehead atoms. The first-order valence-electron chi connectivity index (χ1n) is 9.04. The highest BCUT2D eigenvalue weighted by atomic mass is 16.2. The predicted octanol–water partition coefficient (Wildman–Crippen LogP) is 0.281.